The number of sulfonamides is 1. The van der Waals surface area contributed by atoms with Crippen molar-refractivity contribution in [2.24, 2.45) is 5.10 Å². The van der Waals surface area contributed by atoms with Gasteiger partial charge in [-0.3, -0.25) is 9.10 Å². The highest BCUT2D eigenvalue weighted by atomic mass is 35.5. The molecule has 1 amide bonds. The highest BCUT2D eigenvalue weighted by molar-refractivity contribution is 7.92. The molecule has 0 bridgehead atoms. The lowest BCUT2D eigenvalue weighted by molar-refractivity contribution is -0.119. The van der Waals surface area contributed by atoms with E-state index in [1.807, 2.05) is 0 Å². The molecule has 160 valence electrons. The molecule has 0 saturated heterocycles. The topological polar surface area (TPSA) is 78.8 Å². The van der Waals surface area contributed by atoms with Crippen LogP contribution in [0.3, 0.4) is 0 Å². The average molecular weight is 497 g/mol. The van der Waals surface area contributed by atoms with Crippen LogP contribution in [0.4, 0.5) is 5.69 Å². The average Bonchev–Trinajstić information content (AvgIpc) is 2.73. The van der Waals surface area contributed by atoms with E-state index >= 15 is 0 Å². The standard InChI is InChI=1S/C21H16Cl3N3O3S/c22-16-6-4-5-15(11-16)13-25-26-21(28)14-27(20-10-9-17(23)12-19(20)24)31(29,30)18-7-2-1-3-8-18/h1-13H,14H2,(H,26,28)/b25-13-. The van der Waals surface area contributed by atoms with Gasteiger partial charge < -0.3 is 0 Å². The van der Waals surface area contributed by atoms with Crippen LogP contribution >= 0.6 is 34.8 Å². The summed E-state index contributed by atoms with van der Waals surface area (Å²) in [5.74, 6) is -0.663. The van der Waals surface area contributed by atoms with E-state index < -0.39 is 22.5 Å². The highest BCUT2D eigenvalue weighted by Crippen LogP contribution is 2.32. The number of nitrogens with one attached hydrogen (secondary N) is 1. The molecule has 0 radical (unpaired) electrons. The van der Waals surface area contributed by atoms with Crippen LogP contribution in [0.2, 0.25) is 15.1 Å². The van der Waals surface area contributed by atoms with Gasteiger partial charge in [0.1, 0.15) is 6.54 Å². The van der Waals surface area contributed by atoms with Crippen molar-refractivity contribution >= 4 is 62.6 Å². The summed E-state index contributed by atoms with van der Waals surface area (Å²) in [5.41, 5.74) is 3.10. The van der Waals surface area contributed by atoms with E-state index in [1.54, 1.807) is 42.5 Å². The van der Waals surface area contributed by atoms with Gasteiger partial charge in [-0.2, -0.15) is 5.10 Å². The summed E-state index contributed by atoms with van der Waals surface area (Å²) in [6.07, 6.45) is 1.40. The number of carbonyl (C=O) groups excluding carboxylic acids is 1. The van der Waals surface area contributed by atoms with Crippen molar-refractivity contribution in [2.45, 2.75) is 4.90 Å². The molecule has 1 N–H and O–H groups in total. The third kappa shape index (κ3) is 5.98. The van der Waals surface area contributed by atoms with Gasteiger partial charge in [0.2, 0.25) is 0 Å². The fraction of sp³-hybridized carbons (Fsp3) is 0.0476. The molecule has 0 aliphatic carbocycles. The second-order valence-electron chi connectivity index (χ2n) is 6.27. The third-order valence-corrected chi connectivity index (χ3v) is 6.60. The van der Waals surface area contributed by atoms with E-state index in [9.17, 15) is 13.2 Å². The van der Waals surface area contributed by atoms with Crippen molar-refractivity contribution in [3.63, 3.8) is 0 Å². The molecule has 0 aromatic heterocycles. The van der Waals surface area contributed by atoms with E-state index in [0.29, 0.717) is 15.6 Å². The summed E-state index contributed by atoms with van der Waals surface area (Å²) in [7, 11) is -4.09. The first kappa shape index (κ1) is 23.1. The fourth-order valence-corrected chi connectivity index (χ4v) is 4.85. The van der Waals surface area contributed by atoms with E-state index in [1.165, 1.54) is 36.5 Å². The van der Waals surface area contributed by atoms with Gasteiger partial charge in [-0.15, -0.1) is 0 Å². The lowest BCUT2D eigenvalue weighted by Gasteiger charge is -2.24. The van der Waals surface area contributed by atoms with Crippen LogP contribution in [0, 0.1) is 0 Å². The van der Waals surface area contributed by atoms with Crippen LogP contribution < -0.4 is 9.73 Å². The molecular weight excluding hydrogens is 481 g/mol. The molecule has 0 saturated carbocycles. The summed E-state index contributed by atoms with van der Waals surface area (Å²) < 4.78 is 27.4. The van der Waals surface area contributed by atoms with Gasteiger partial charge in [0, 0.05) is 10.0 Å². The van der Waals surface area contributed by atoms with Crippen LogP contribution in [0.1, 0.15) is 5.56 Å². The van der Waals surface area contributed by atoms with E-state index in [2.05, 4.69) is 10.5 Å². The number of hydrogen-bond donors (Lipinski definition) is 1. The summed E-state index contributed by atoms with van der Waals surface area (Å²) in [5, 5.41) is 4.80. The quantitative estimate of drug-likeness (QED) is 0.370. The zero-order valence-electron chi connectivity index (χ0n) is 15.9. The van der Waals surface area contributed by atoms with Crippen molar-refractivity contribution in [2.75, 3.05) is 10.8 Å². The third-order valence-electron chi connectivity index (χ3n) is 4.05. The molecule has 3 rings (SSSR count). The number of rotatable bonds is 7. The van der Waals surface area contributed by atoms with Gasteiger partial charge >= 0.3 is 0 Å². The van der Waals surface area contributed by atoms with Crippen LogP contribution in [0.15, 0.2) is 82.8 Å². The Morgan fingerprint density at radius 3 is 2.32 bits per heavy atom. The lowest BCUT2D eigenvalue weighted by Crippen LogP contribution is -2.39. The van der Waals surface area contributed by atoms with Gasteiger partial charge in [-0.05, 0) is 48.0 Å². The Labute approximate surface area is 195 Å². The second-order valence-corrected chi connectivity index (χ2v) is 9.41. The molecule has 3 aromatic rings. The Hall–Kier alpha value is -2.58. The maximum absolute atomic E-state index is 13.2. The minimum Gasteiger partial charge on any atom is -0.271 e. The summed E-state index contributed by atoms with van der Waals surface area (Å²) >= 11 is 18.1. The Morgan fingerprint density at radius 2 is 1.65 bits per heavy atom. The Balaban J connectivity index is 1.87. The number of benzene rings is 3. The molecule has 0 spiro atoms. The van der Waals surface area contributed by atoms with Gasteiger partial charge in [-0.25, -0.2) is 13.8 Å². The normalized spacial score (nSPS) is 11.5. The van der Waals surface area contributed by atoms with Crippen LogP contribution in [-0.2, 0) is 14.8 Å². The number of hydrazone groups is 1. The monoisotopic (exact) mass is 495 g/mol. The molecule has 0 aliphatic rings. The van der Waals surface area contributed by atoms with Crippen LogP contribution in [-0.4, -0.2) is 27.1 Å². The molecule has 0 aliphatic heterocycles. The molecule has 10 heteroatoms. The van der Waals surface area contributed by atoms with Crippen molar-refractivity contribution in [3.8, 4) is 0 Å². The summed E-state index contributed by atoms with van der Waals surface area (Å²) in [4.78, 5) is 12.5. The molecular formula is C21H16Cl3N3O3S. The summed E-state index contributed by atoms with van der Waals surface area (Å²) in [6, 6.07) is 18.9. The molecule has 0 fully saturated rings. The molecule has 0 unspecified atom stereocenters. The van der Waals surface area contributed by atoms with Crippen molar-refractivity contribution in [1.82, 2.24) is 5.43 Å². The van der Waals surface area contributed by atoms with Gasteiger partial charge in [-0.1, -0.05) is 65.1 Å². The van der Waals surface area contributed by atoms with Crippen molar-refractivity contribution < 1.29 is 13.2 Å². The maximum Gasteiger partial charge on any atom is 0.264 e. The Morgan fingerprint density at radius 1 is 0.935 bits per heavy atom. The largest absolute Gasteiger partial charge is 0.271 e. The summed E-state index contributed by atoms with van der Waals surface area (Å²) in [6.45, 7) is -0.550. The van der Waals surface area contributed by atoms with Gasteiger partial charge in [0.05, 0.1) is 21.8 Å². The highest BCUT2D eigenvalue weighted by Gasteiger charge is 2.28. The minimum absolute atomic E-state index is 0.0104. The first-order chi connectivity index (χ1) is 14.8. The molecule has 0 atom stereocenters. The first-order valence-electron chi connectivity index (χ1n) is 8.88. The fourth-order valence-electron chi connectivity index (χ4n) is 2.63. The zero-order valence-corrected chi connectivity index (χ0v) is 19.0. The first-order valence-corrected chi connectivity index (χ1v) is 11.4. The van der Waals surface area contributed by atoms with Crippen molar-refractivity contribution in [1.29, 1.82) is 0 Å². The van der Waals surface area contributed by atoms with Crippen LogP contribution in [0.5, 0.6) is 0 Å². The van der Waals surface area contributed by atoms with E-state index in [4.69, 9.17) is 34.8 Å². The number of anilines is 1. The van der Waals surface area contributed by atoms with E-state index in [-0.39, 0.29) is 15.6 Å². The Kier molecular flexibility index (Phi) is 7.56. The SMILES string of the molecule is O=C(CN(c1ccc(Cl)cc1Cl)S(=O)(=O)c1ccccc1)N/N=C\c1cccc(Cl)c1. The zero-order chi connectivity index (χ0) is 22.4. The molecule has 6 nitrogen and oxygen atoms in total. The van der Waals surface area contributed by atoms with Crippen LogP contribution in [0.25, 0.3) is 0 Å². The predicted molar refractivity (Wildman–Crippen MR) is 125 cm³/mol. The number of carbonyl (C=O) groups is 1. The number of nitrogens with zero attached hydrogens (tertiary/aromatic N) is 2. The van der Waals surface area contributed by atoms with Gasteiger partial charge in [0.25, 0.3) is 15.9 Å². The van der Waals surface area contributed by atoms with Gasteiger partial charge in [0.15, 0.2) is 0 Å². The number of amides is 1. The molecule has 0 heterocycles. The van der Waals surface area contributed by atoms with Crippen molar-refractivity contribution in [3.05, 3.63) is 93.4 Å². The smallest absolute Gasteiger partial charge is 0.264 e. The molecule has 3 aromatic carbocycles. The number of halogens is 3. The second kappa shape index (κ2) is 10.2. The Bertz CT molecular complexity index is 1220. The maximum atomic E-state index is 13.2. The lowest BCUT2D eigenvalue weighted by atomic mass is 10.2. The predicted octanol–water partition coefficient (Wildman–Crippen LogP) is 4.99. The van der Waals surface area contributed by atoms with E-state index in [0.717, 1.165) is 4.31 Å². The minimum atomic E-state index is -4.09. The molecule has 31 heavy (non-hydrogen) atoms. The number of hydrogen-bond acceptors (Lipinski definition) is 4.